The highest BCUT2D eigenvalue weighted by Gasteiger charge is 2.09. The van der Waals surface area contributed by atoms with Crippen LogP contribution < -0.4 is 21.8 Å². The molecule has 1 aromatic heterocycles. The van der Waals surface area contributed by atoms with Crippen LogP contribution in [0, 0.1) is 0 Å². The number of rotatable bonds is 7. The first-order chi connectivity index (χ1) is 11.5. The van der Waals surface area contributed by atoms with Crippen LogP contribution in [0.3, 0.4) is 0 Å². The van der Waals surface area contributed by atoms with Gasteiger partial charge in [-0.15, -0.1) is 0 Å². The number of nitrogens with zero attached hydrogens (tertiary/aromatic N) is 1. The second kappa shape index (κ2) is 8.09. The lowest BCUT2D eigenvalue weighted by Gasteiger charge is -2.08. The Morgan fingerprint density at radius 2 is 1.79 bits per heavy atom. The summed E-state index contributed by atoms with van der Waals surface area (Å²) < 4.78 is 1.11. The van der Waals surface area contributed by atoms with Crippen molar-refractivity contribution >= 4 is 22.6 Å². The molecule has 0 aliphatic rings. The highest BCUT2D eigenvalue weighted by Crippen LogP contribution is 2.02. The van der Waals surface area contributed by atoms with E-state index < -0.39 is 0 Å². The molecule has 0 unspecified atom stereocenters. The molecule has 3 N–H and O–H groups in total. The molecule has 8 nitrogen and oxygen atoms in total. The summed E-state index contributed by atoms with van der Waals surface area (Å²) in [6.45, 7) is 2.41. The van der Waals surface area contributed by atoms with E-state index in [1.807, 2.05) is 6.92 Å². The maximum Gasteiger partial charge on any atom is 0.273 e. The van der Waals surface area contributed by atoms with Crippen LogP contribution in [0.2, 0.25) is 0 Å². The number of carbonyl (C=O) groups excluding carboxylic acids is 2. The van der Waals surface area contributed by atoms with E-state index in [0.717, 1.165) is 11.1 Å². The van der Waals surface area contributed by atoms with E-state index in [0.29, 0.717) is 17.3 Å². The van der Waals surface area contributed by atoms with E-state index in [1.165, 1.54) is 0 Å². The van der Waals surface area contributed by atoms with E-state index in [4.69, 9.17) is 0 Å². The summed E-state index contributed by atoms with van der Waals surface area (Å²) in [5, 5.41) is 8.19. The monoisotopic (exact) mass is 332 g/mol. The summed E-state index contributed by atoms with van der Waals surface area (Å²) >= 11 is 0. The molecule has 1 heterocycles. The lowest BCUT2D eigenvalue weighted by molar-refractivity contribution is -0.126. The fourth-order valence-electron chi connectivity index (χ4n) is 2.21. The van der Waals surface area contributed by atoms with Gasteiger partial charge in [-0.05, 0) is 18.6 Å². The predicted molar refractivity (Wildman–Crippen MR) is 89.8 cm³/mol. The minimum atomic E-state index is -0.385. The number of hydrogen-bond donors (Lipinski definition) is 3. The molecule has 24 heavy (non-hydrogen) atoms. The first-order valence-corrected chi connectivity index (χ1v) is 7.78. The molecule has 0 bridgehead atoms. The van der Waals surface area contributed by atoms with E-state index in [-0.39, 0.29) is 42.4 Å². The second-order valence-corrected chi connectivity index (χ2v) is 5.32. The summed E-state index contributed by atoms with van der Waals surface area (Å²) in [5.41, 5.74) is -0.747. The Morgan fingerprint density at radius 3 is 2.50 bits per heavy atom. The molecule has 2 rings (SSSR count). The van der Waals surface area contributed by atoms with Gasteiger partial charge in [-0.3, -0.25) is 24.3 Å². The standard InChI is InChI=1S/C16H20N4O4/c1-2-8-17-14(22)10-18-13(21)7-9-20-16(24)12-6-4-3-5-11(12)15(23)19-20/h3-6H,2,7-10H2,1H3,(H,17,22)(H,18,21)(H,19,23). The molecule has 128 valence electrons. The number of fused-ring (bicyclic) bond motifs is 1. The fraction of sp³-hybridized carbons (Fsp3) is 0.375. The van der Waals surface area contributed by atoms with Crippen LogP contribution in [-0.2, 0) is 16.1 Å². The van der Waals surface area contributed by atoms with E-state index >= 15 is 0 Å². The lowest BCUT2D eigenvalue weighted by atomic mass is 10.2. The van der Waals surface area contributed by atoms with Crippen LogP contribution in [0.15, 0.2) is 33.9 Å². The smallest absolute Gasteiger partial charge is 0.273 e. The van der Waals surface area contributed by atoms with Gasteiger partial charge in [0.1, 0.15) is 0 Å². The van der Waals surface area contributed by atoms with Gasteiger partial charge in [0.25, 0.3) is 11.1 Å². The molecular weight excluding hydrogens is 312 g/mol. The van der Waals surface area contributed by atoms with Crippen molar-refractivity contribution in [1.82, 2.24) is 20.4 Å². The molecule has 2 aromatic rings. The normalized spacial score (nSPS) is 10.5. The maximum atomic E-state index is 12.3. The topological polar surface area (TPSA) is 113 Å². The summed E-state index contributed by atoms with van der Waals surface area (Å²) in [6.07, 6.45) is 0.799. The number of aromatic amines is 1. The van der Waals surface area contributed by atoms with Gasteiger partial charge >= 0.3 is 0 Å². The van der Waals surface area contributed by atoms with Crippen LogP contribution in [0.5, 0.6) is 0 Å². The van der Waals surface area contributed by atoms with Crippen molar-refractivity contribution in [2.75, 3.05) is 13.1 Å². The van der Waals surface area contributed by atoms with Crippen molar-refractivity contribution in [3.63, 3.8) is 0 Å². The summed E-state index contributed by atoms with van der Waals surface area (Å²) in [7, 11) is 0. The van der Waals surface area contributed by atoms with Gasteiger partial charge in [0, 0.05) is 13.0 Å². The minimum absolute atomic E-state index is 0.0186. The third kappa shape index (κ3) is 4.31. The van der Waals surface area contributed by atoms with Crippen molar-refractivity contribution in [1.29, 1.82) is 0 Å². The molecule has 0 saturated carbocycles. The Kier molecular flexibility index (Phi) is 5.89. The molecule has 0 aliphatic heterocycles. The van der Waals surface area contributed by atoms with E-state index in [1.54, 1.807) is 24.3 Å². The lowest BCUT2D eigenvalue weighted by Crippen LogP contribution is -2.38. The number of amides is 2. The first-order valence-electron chi connectivity index (χ1n) is 7.78. The molecule has 0 radical (unpaired) electrons. The van der Waals surface area contributed by atoms with Gasteiger partial charge in [-0.2, -0.15) is 0 Å². The molecule has 0 atom stereocenters. The number of aryl methyl sites for hydroxylation is 1. The van der Waals surface area contributed by atoms with E-state index in [2.05, 4.69) is 15.7 Å². The summed E-state index contributed by atoms with van der Waals surface area (Å²) in [4.78, 5) is 47.4. The van der Waals surface area contributed by atoms with Crippen molar-refractivity contribution in [2.24, 2.45) is 0 Å². The minimum Gasteiger partial charge on any atom is -0.355 e. The molecule has 0 spiro atoms. The van der Waals surface area contributed by atoms with Gasteiger partial charge in [-0.1, -0.05) is 19.1 Å². The second-order valence-electron chi connectivity index (χ2n) is 5.32. The van der Waals surface area contributed by atoms with Crippen LogP contribution in [-0.4, -0.2) is 34.7 Å². The van der Waals surface area contributed by atoms with Gasteiger partial charge < -0.3 is 10.6 Å². The highest BCUT2D eigenvalue weighted by molar-refractivity contribution is 5.84. The summed E-state index contributed by atoms with van der Waals surface area (Å²) in [5.74, 6) is -0.635. The summed E-state index contributed by atoms with van der Waals surface area (Å²) in [6, 6.07) is 6.50. The largest absolute Gasteiger partial charge is 0.355 e. The zero-order valence-corrected chi connectivity index (χ0v) is 13.4. The number of carbonyl (C=O) groups is 2. The van der Waals surface area contributed by atoms with Gasteiger partial charge in [-0.25, -0.2) is 4.68 Å². The Balaban J connectivity index is 1.97. The van der Waals surface area contributed by atoms with Crippen LogP contribution >= 0.6 is 0 Å². The predicted octanol–water partition coefficient (Wildman–Crippen LogP) is -0.278. The first kappa shape index (κ1) is 17.5. The zero-order chi connectivity index (χ0) is 17.5. The Morgan fingerprint density at radius 1 is 1.08 bits per heavy atom. The Labute approximate surface area is 137 Å². The fourth-order valence-corrected chi connectivity index (χ4v) is 2.21. The van der Waals surface area contributed by atoms with Crippen LogP contribution in [0.4, 0.5) is 0 Å². The molecular formula is C16H20N4O4. The number of H-pyrrole nitrogens is 1. The molecule has 1 aromatic carbocycles. The van der Waals surface area contributed by atoms with Crippen molar-refractivity contribution in [2.45, 2.75) is 26.3 Å². The molecule has 0 saturated heterocycles. The number of aromatic nitrogens is 2. The average Bonchev–Trinajstić information content (AvgIpc) is 2.60. The van der Waals surface area contributed by atoms with Crippen molar-refractivity contribution < 1.29 is 9.59 Å². The third-order valence-electron chi connectivity index (χ3n) is 3.46. The average molecular weight is 332 g/mol. The van der Waals surface area contributed by atoms with E-state index in [9.17, 15) is 19.2 Å². The third-order valence-corrected chi connectivity index (χ3v) is 3.46. The van der Waals surface area contributed by atoms with Crippen molar-refractivity contribution in [3.8, 4) is 0 Å². The number of benzene rings is 1. The Bertz CT molecular complexity index is 853. The molecule has 8 heteroatoms. The number of hydrogen-bond acceptors (Lipinski definition) is 4. The van der Waals surface area contributed by atoms with Crippen LogP contribution in [0.1, 0.15) is 19.8 Å². The Hall–Kier alpha value is -2.90. The number of nitrogens with one attached hydrogen (secondary N) is 3. The molecule has 2 amide bonds. The van der Waals surface area contributed by atoms with Gasteiger partial charge in [0.2, 0.25) is 11.8 Å². The quantitative estimate of drug-likeness (QED) is 0.647. The zero-order valence-electron chi connectivity index (χ0n) is 13.4. The molecule has 0 fully saturated rings. The highest BCUT2D eigenvalue weighted by atomic mass is 16.2. The van der Waals surface area contributed by atoms with Gasteiger partial charge in [0.15, 0.2) is 0 Å². The molecule has 0 aliphatic carbocycles. The maximum absolute atomic E-state index is 12.3. The van der Waals surface area contributed by atoms with Gasteiger partial charge in [0.05, 0.1) is 23.9 Å². The van der Waals surface area contributed by atoms with Crippen molar-refractivity contribution in [3.05, 3.63) is 45.0 Å². The van der Waals surface area contributed by atoms with Crippen LogP contribution in [0.25, 0.3) is 10.8 Å². The SMILES string of the molecule is CCCNC(=O)CNC(=O)CCn1[nH]c(=O)c2ccccc2c1=O.